The third-order valence-electron chi connectivity index (χ3n) is 3.22. The highest BCUT2D eigenvalue weighted by atomic mass is 32.1. The van der Waals surface area contributed by atoms with Crippen LogP contribution in [0.3, 0.4) is 0 Å². The minimum Gasteiger partial charge on any atom is -0.441 e. The number of para-hydroxylation sites is 2. The van der Waals surface area contributed by atoms with Crippen molar-refractivity contribution in [1.82, 2.24) is 4.98 Å². The fourth-order valence-electron chi connectivity index (χ4n) is 2.04. The molecule has 0 spiro atoms. The van der Waals surface area contributed by atoms with Gasteiger partial charge in [-0.2, -0.15) is 0 Å². The summed E-state index contributed by atoms with van der Waals surface area (Å²) in [4.78, 5) is 6.60. The highest BCUT2D eigenvalue weighted by Crippen LogP contribution is 2.29. The van der Waals surface area contributed by atoms with Gasteiger partial charge in [-0.1, -0.05) is 12.1 Å². The van der Waals surface area contributed by atoms with E-state index in [9.17, 15) is 5.11 Å². The lowest BCUT2D eigenvalue weighted by Gasteiger charge is -2.04. The van der Waals surface area contributed by atoms with Crippen molar-refractivity contribution in [1.29, 1.82) is 0 Å². The molecule has 4 heteroatoms. The molecule has 0 saturated carbocycles. The van der Waals surface area contributed by atoms with Crippen molar-refractivity contribution in [3.63, 3.8) is 0 Å². The molecule has 0 radical (unpaired) electrons. The molecule has 0 aliphatic carbocycles. The maximum absolute atomic E-state index is 10.2. The number of rotatable bonds is 3. The van der Waals surface area contributed by atoms with E-state index in [4.69, 9.17) is 4.42 Å². The van der Waals surface area contributed by atoms with E-state index < -0.39 is 6.10 Å². The third-order valence-corrected chi connectivity index (χ3v) is 4.47. The molecule has 2 aromatic heterocycles. The summed E-state index contributed by atoms with van der Waals surface area (Å²) in [5, 5.41) is 10.2. The number of aryl methyl sites for hydroxylation is 2. The Labute approximate surface area is 115 Å². The van der Waals surface area contributed by atoms with Gasteiger partial charge in [0.2, 0.25) is 0 Å². The zero-order valence-electron chi connectivity index (χ0n) is 10.9. The van der Waals surface area contributed by atoms with Gasteiger partial charge in [-0.3, -0.25) is 0 Å². The fraction of sp³-hybridized carbons (Fsp3) is 0.267. The number of oxazole rings is 1. The Bertz CT molecular complexity index is 661. The number of aliphatic hydroxyl groups excluding tert-OH is 1. The van der Waals surface area contributed by atoms with Crippen LogP contribution in [0.2, 0.25) is 0 Å². The number of aliphatic hydroxyl groups is 1. The largest absolute Gasteiger partial charge is 0.441 e. The summed E-state index contributed by atoms with van der Waals surface area (Å²) in [7, 11) is 0. The average Bonchev–Trinajstić information content (AvgIpc) is 2.93. The number of benzene rings is 1. The van der Waals surface area contributed by atoms with Gasteiger partial charge >= 0.3 is 0 Å². The first-order valence-corrected chi connectivity index (χ1v) is 7.04. The van der Waals surface area contributed by atoms with Gasteiger partial charge in [0.1, 0.15) is 5.52 Å². The molecule has 0 fully saturated rings. The molecule has 1 atom stereocenters. The van der Waals surface area contributed by atoms with Crippen molar-refractivity contribution in [3.05, 3.63) is 51.5 Å². The van der Waals surface area contributed by atoms with Crippen LogP contribution in [0.25, 0.3) is 11.1 Å². The molecule has 1 unspecified atom stereocenters. The van der Waals surface area contributed by atoms with Gasteiger partial charge in [0.05, 0.1) is 12.5 Å². The van der Waals surface area contributed by atoms with E-state index in [1.807, 2.05) is 30.3 Å². The van der Waals surface area contributed by atoms with Gasteiger partial charge in [0.25, 0.3) is 0 Å². The summed E-state index contributed by atoms with van der Waals surface area (Å²) >= 11 is 1.63. The molecular formula is C15H15NO2S. The monoisotopic (exact) mass is 273 g/mol. The van der Waals surface area contributed by atoms with Crippen LogP contribution in [0.4, 0.5) is 0 Å². The van der Waals surface area contributed by atoms with Gasteiger partial charge in [-0.05, 0) is 37.6 Å². The molecule has 1 N–H and O–H groups in total. The Morgan fingerprint density at radius 3 is 2.79 bits per heavy atom. The van der Waals surface area contributed by atoms with Crippen LogP contribution in [-0.4, -0.2) is 10.1 Å². The Hall–Kier alpha value is -1.65. The second kappa shape index (κ2) is 4.79. The molecule has 0 aliphatic heterocycles. The van der Waals surface area contributed by atoms with Crippen LogP contribution < -0.4 is 0 Å². The lowest BCUT2D eigenvalue weighted by Crippen LogP contribution is -1.99. The van der Waals surface area contributed by atoms with Crippen molar-refractivity contribution in [2.24, 2.45) is 0 Å². The summed E-state index contributed by atoms with van der Waals surface area (Å²) < 4.78 is 5.63. The zero-order chi connectivity index (χ0) is 13.4. The zero-order valence-corrected chi connectivity index (χ0v) is 11.7. The molecular weight excluding hydrogens is 258 g/mol. The average molecular weight is 273 g/mol. The van der Waals surface area contributed by atoms with E-state index in [1.54, 1.807) is 11.3 Å². The van der Waals surface area contributed by atoms with Crippen molar-refractivity contribution in [3.8, 4) is 0 Å². The van der Waals surface area contributed by atoms with Crippen molar-refractivity contribution in [2.45, 2.75) is 26.4 Å². The molecule has 3 nitrogen and oxygen atoms in total. The Morgan fingerprint density at radius 2 is 2.11 bits per heavy atom. The number of fused-ring (bicyclic) bond motifs is 1. The quantitative estimate of drug-likeness (QED) is 0.790. The Balaban J connectivity index is 1.84. The third kappa shape index (κ3) is 2.41. The number of aromatic nitrogens is 1. The maximum atomic E-state index is 10.2. The van der Waals surface area contributed by atoms with Crippen LogP contribution >= 0.6 is 11.3 Å². The standard InChI is InChI=1S/C15H15NO2S/c1-9-7-14(19-10(9)2)12(17)8-15-16-11-5-3-4-6-13(11)18-15/h3-7,12,17H,8H2,1-2H3. The molecule has 3 rings (SSSR count). The number of hydrogen-bond donors (Lipinski definition) is 1. The van der Waals surface area contributed by atoms with E-state index in [2.05, 4.69) is 18.8 Å². The van der Waals surface area contributed by atoms with E-state index in [1.165, 1.54) is 10.4 Å². The molecule has 0 amide bonds. The fourth-order valence-corrected chi connectivity index (χ4v) is 3.07. The van der Waals surface area contributed by atoms with E-state index >= 15 is 0 Å². The van der Waals surface area contributed by atoms with Crippen molar-refractivity contribution >= 4 is 22.4 Å². The van der Waals surface area contributed by atoms with Gasteiger partial charge in [-0.15, -0.1) is 11.3 Å². The molecule has 0 saturated heterocycles. The van der Waals surface area contributed by atoms with Crippen LogP contribution in [0.15, 0.2) is 34.7 Å². The molecule has 0 aliphatic rings. The normalized spacial score (nSPS) is 13.0. The van der Waals surface area contributed by atoms with Crippen LogP contribution in [0.5, 0.6) is 0 Å². The van der Waals surface area contributed by atoms with Crippen molar-refractivity contribution in [2.75, 3.05) is 0 Å². The highest BCUT2D eigenvalue weighted by molar-refractivity contribution is 7.12. The van der Waals surface area contributed by atoms with Gasteiger partial charge in [-0.25, -0.2) is 4.98 Å². The Kier molecular flexibility index (Phi) is 3.12. The second-order valence-corrected chi connectivity index (χ2v) is 5.97. The van der Waals surface area contributed by atoms with Crippen LogP contribution in [-0.2, 0) is 6.42 Å². The van der Waals surface area contributed by atoms with Crippen molar-refractivity contribution < 1.29 is 9.52 Å². The van der Waals surface area contributed by atoms with Gasteiger partial charge in [0.15, 0.2) is 11.5 Å². The van der Waals surface area contributed by atoms with Gasteiger partial charge < -0.3 is 9.52 Å². The molecule has 2 heterocycles. The lowest BCUT2D eigenvalue weighted by molar-refractivity contribution is 0.173. The Morgan fingerprint density at radius 1 is 1.32 bits per heavy atom. The smallest absolute Gasteiger partial charge is 0.198 e. The van der Waals surface area contributed by atoms with Crippen LogP contribution in [0.1, 0.15) is 27.3 Å². The molecule has 0 bridgehead atoms. The first-order valence-electron chi connectivity index (χ1n) is 6.23. The summed E-state index contributed by atoms with van der Waals surface area (Å²) in [5.41, 5.74) is 2.82. The number of nitrogens with zero attached hydrogens (tertiary/aromatic N) is 1. The van der Waals surface area contributed by atoms with E-state index in [0.29, 0.717) is 12.3 Å². The predicted octanol–water partition coefficient (Wildman–Crippen LogP) is 3.78. The summed E-state index contributed by atoms with van der Waals surface area (Å²) in [6.45, 7) is 4.12. The molecule has 19 heavy (non-hydrogen) atoms. The highest BCUT2D eigenvalue weighted by Gasteiger charge is 2.16. The van der Waals surface area contributed by atoms with Gasteiger partial charge in [0, 0.05) is 9.75 Å². The summed E-state index contributed by atoms with van der Waals surface area (Å²) in [6.07, 6.45) is -0.140. The first kappa shape index (κ1) is 12.4. The number of thiophene rings is 1. The van der Waals surface area contributed by atoms with E-state index in [-0.39, 0.29) is 0 Å². The summed E-state index contributed by atoms with van der Waals surface area (Å²) in [5.74, 6) is 0.581. The molecule has 1 aromatic carbocycles. The van der Waals surface area contributed by atoms with E-state index in [0.717, 1.165) is 16.0 Å². The molecule has 98 valence electrons. The number of hydrogen-bond acceptors (Lipinski definition) is 4. The molecule has 3 aromatic rings. The van der Waals surface area contributed by atoms with Crippen LogP contribution in [0, 0.1) is 13.8 Å². The minimum atomic E-state index is -0.550. The summed E-state index contributed by atoms with van der Waals surface area (Å²) in [6, 6.07) is 9.68. The minimum absolute atomic E-state index is 0.411. The SMILES string of the molecule is Cc1cc(C(O)Cc2nc3ccccc3o2)sc1C. The lowest BCUT2D eigenvalue weighted by atomic mass is 10.2. The predicted molar refractivity (Wildman–Crippen MR) is 76.5 cm³/mol. The maximum Gasteiger partial charge on any atom is 0.198 e. The second-order valence-electron chi connectivity index (χ2n) is 4.68. The topological polar surface area (TPSA) is 46.3 Å². The first-order chi connectivity index (χ1) is 9.13.